The molecule has 4 aromatic rings. The quantitative estimate of drug-likeness (QED) is 0.144. The second-order valence-electron chi connectivity index (χ2n) is 20.9. The SMILES string of the molecule is CCn1c(-c2cc(N3CCOCC3)cnc2[C@H](C)OC)c2c3cc(c(F)cc31)-c1csc(n1)C[C@H](NC(=O)[C@H](C(C)C)N1CCC3(CN(C(=O)[C@H](F)Cl)C3)C1=O)C(=O)N1CCC[C@H](N1)C(=O)OCC(C)(C)C2. The van der Waals surface area contributed by atoms with Crippen molar-refractivity contribution < 1.29 is 47.0 Å². The van der Waals surface area contributed by atoms with Crippen molar-refractivity contribution in [3.63, 3.8) is 0 Å². The van der Waals surface area contributed by atoms with Crippen molar-refractivity contribution in [1.29, 1.82) is 0 Å². The first-order chi connectivity index (χ1) is 34.3. The Morgan fingerprint density at radius 3 is 2.51 bits per heavy atom. The molecule has 5 aliphatic rings. The number of nitrogens with one attached hydrogen (secondary N) is 2. The van der Waals surface area contributed by atoms with Crippen LogP contribution in [0.3, 0.4) is 0 Å². The first-order valence-corrected chi connectivity index (χ1v) is 26.2. The Hall–Kier alpha value is -5.28. The van der Waals surface area contributed by atoms with Crippen LogP contribution in [0.15, 0.2) is 29.8 Å². The van der Waals surface area contributed by atoms with Crippen LogP contribution in [0.25, 0.3) is 33.4 Å². The number of thiazole rings is 1. The number of anilines is 1. The molecule has 6 bridgehead atoms. The number of pyridine rings is 1. The van der Waals surface area contributed by atoms with E-state index in [-0.39, 0.29) is 50.7 Å². The van der Waals surface area contributed by atoms with Gasteiger partial charge in [-0.25, -0.2) is 19.2 Å². The number of fused-ring (bicyclic) bond motifs is 6. The third-order valence-corrected chi connectivity index (χ3v) is 16.0. The summed E-state index contributed by atoms with van der Waals surface area (Å²) in [5.41, 5.74) is 4.80. The van der Waals surface area contributed by atoms with Gasteiger partial charge >= 0.3 is 5.97 Å². The Balaban J connectivity index is 1.11. The molecule has 0 radical (unpaired) electrons. The molecule has 388 valence electrons. The second-order valence-corrected chi connectivity index (χ2v) is 22.2. The summed E-state index contributed by atoms with van der Waals surface area (Å²) in [5, 5.41) is 7.28. The average molecular weight is 1040 g/mol. The number of morpholine rings is 1. The third-order valence-electron chi connectivity index (χ3n) is 14.9. The number of ether oxygens (including phenoxy) is 3. The minimum absolute atomic E-state index is 0.00824. The number of hydrogen-bond donors (Lipinski definition) is 2. The van der Waals surface area contributed by atoms with Gasteiger partial charge in [0.2, 0.25) is 11.8 Å². The maximum absolute atomic E-state index is 16.9. The molecule has 2 N–H and O–H groups in total. The van der Waals surface area contributed by atoms with Gasteiger partial charge in [0.15, 0.2) is 0 Å². The molecule has 9 rings (SSSR count). The number of halogens is 3. The van der Waals surface area contributed by atoms with E-state index in [9.17, 15) is 28.4 Å². The van der Waals surface area contributed by atoms with Crippen LogP contribution in [0.5, 0.6) is 0 Å². The number of likely N-dealkylation sites (tertiary alicyclic amines) is 2. The lowest BCUT2D eigenvalue weighted by Crippen LogP contribution is -2.64. The largest absolute Gasteiger partial charge is 0.464 e. The van der Waals surface area contributed by atoms with Crippen LogP contribution in [0.2, 0.25) is 0 Å². The molecule has 0 aliphatic carbocycles. The Morgan fingerprint density at radius 1 is 1.07 bits per heavy atom. The molecule has 17 nitrogen and oxygen atoms in total. The zero-order valence-corrected chi connectivity index (χ0v) is 43.5. The molecule has 4 fully saturated rings. The van der Waals surface area contributed by atoms with E-state index in [0.29, 0.717) is 74.7 Å². The summed E-state index contributed by atoms with van der Waals surface area (Å²) in [6, 6.07) is 2.42. The van der Waals surface area contributed by atoms with Gasteiger partial charge in [0.25, 0.3) is 17.4 Å². The highest BCUT2D eigenvalue weighted by Crippen LogP contribution is 2.45. The molecule has 21 heteroatoms. The van der Waals surface area contributed by atoms with Crippen LogP contribution >= 0.6 is 22.9 Å². The number of benzene rings is 1. The summed E-state index contributed by atoms with van der Waals surface area (Å²) in [7, 11) is 1.65. The fraction of sp³-hybridized carbons (Fsp3) is 0.588. The molecule has 0 unspecified atom stereocenters. The highest BCUT2D eigenvalue weighted by atomic mass is 35.5. The topological polar surface area (TPSA) is 181 Å². The van der Waals surface area contributed by atoms with E-state index in [1.165, 1.54) is 26.1 Å². The van der Waals surface area contributed by atoms with Gasteiger partial charge in [0.05, 0.1) is 70.8 Å². The van der Waals surface area contributed by atoms with E-state index in [4.69, 9.17) is 35.8 Å². The zero-order chi connectivity index (χ0) is 51.4. The molecule has 5 atom stereocenters. The van der Waals surface area contributed by atoms with Crippen molar-refractivity contribution in [3.8, 4) is 22.5 Å². The molecular formula is C51H64ClF2N9O8S. The number of hydrogen-bond acceptors (Lipinski definition) is 13. The molecule has 4 saturated heterocycles. The van der Waals surface area contributed by atoms with Crippen molar-refractivity contribution in [1.82, 2.24) is 40.1 Å². The van der Waals surface area contributed by atoms with Crippen LogP contribution in [0.4, 0.5) is 14.5 Å². The number of carbonyl (C=O) groups excluding carboxylic acids is 5. The van der Waals surface area contributed by atoms with Crippen molar-refractivity contribution in [3.05, 3.63) is 51.9 Å². The Morgan fingerprint density at radius 2 is 1.82 bits per heavy atom. The molecule has 4 amide bonds. The normalized spacial score (nSPS) is 22.7. The smallest absolute Gasteiger partial charge is 0.324 e. The fourth-order valence-corrected chi connectivity index (χ4v) is 12.1. The number of amides is 4. The molecule has 72 heavy (non-hydrogen) atoms. The molecule has 3 aromatic heterocycles. The lowest BCUT2D eigenvalue weighted by molar-refractivity contribution is -0.158. The Kier molecular flexibility index (Phi) is 14.7. The summed E-state index contributed by atoms with van der Waals surface area (Å²) in [4.78, 5) is 84.5. The highest BCUT2D eigenvalue weighted by molar-refractivity contribution is 7.10. The number of aromatic nitrogens is 3. The Bertz CT molecular complexity index is 2760. The maximum Gasteiger partial charge on any atom is 0.324 e. The molecule has 1 spiro atoms. The van der Waals surface area contributed by atoms with Gasteiger partial charge in [-0.3, -0.25) is 34.0 Å². The van der Waals surface area contributed by atoms with Crippen LogP contribution in [-0.4, -0.2) is 149 Å². The first-order valence-electron chi connectivity index (χ1n) is 24.9. The summed E-state index contributed by atoms with van der Waals surface area (Å²) >= 11 is 6.64. The number of methoxy groups -OCH3 is 1. The second kappa shape index (κ2) is 20.6. The summed E-state index contributed by atoms with van der Waals surface area (Å²) in [6.07, 6.45) is 3.03. The van der Waals surface area contributed by atoms with Gasteiger partial charge in [-0.2, -0.15) is 0 Å². The number of hydrazine groups is 1. The van der Waals surface area contributed by atoms with Crippen molar-refractivity contribution >= 4 is 69.1 Å². The van der Waals surface area contributed by atoms with Crippen molar-refractivity contribution in [2.24, 2.45) is 16.7 Å². The lowest BCUT2D eigenvalue weighted by atomic mass is 9.78. The van der Waals surface area contributed by atoms with Crippen LogP contribution in [0, 0.1) is 22.6 Å². The first kappa shape index (κ1) is 51.6. The van der Waals surface area contributed by atoms with E-state index in [2.05, 4.69) is 26.3 Å². The van der Waals surface area contributed by atoms with Gasteiger partial charge < -0.3 is 38.8 Å². The van der Waals surface area contributed by atoms with Crippen LogP contribution < -0.4 is 15.6 Å². The Labute approximate surface area is 426 Å². The van der Waals surface area contributed by atoms with Gasteiger partial charge in [-0.05, 0) is 69.2 Å². The summed E-state index contributed by atoms with van der Waals surface area (Å²) < 4.78 is 50.4. The van der Waals surface area contributed by atoms with E-state index in [0.717, 1.165) is 33.6 Å². The number of alkyl halides is 2. The van der Waals surface area contributed by atoms with Gasteiger partial charge in [-0.1, -0.05) is 39.3 Å². The number of cyclic esters (lactones) is 1. The predicted molar refractivity (Wildman–Crippen MR) is 267 cm³/mol. The maximum atomic E-state index is 16.9. The van der Waals surface area contributed by atoms with Gasteiger partial charge in [-0.15, -0.1) is 11.3 Å². The molecule has 5 aliphatic heterocycles. The number of carbonyl (C=O) groups is 5. The van der Waals surface area contributed by atoms with E-state index < -0.39 is 76.1 Å². The van der Waals surface area contributed by atoms with E-state index >= 15 is 4.39 Å². The lowest BCUT2D eigenvalue weighted by Gasteiger charge is -2.46. The van der Waals surface area contributed by atoms with Gasteiger partial charge in [0.1, 0.15) is 23.9 Å². The number of rotatable bonds is 10. The number of nitrogens with zero attached hydrogens (tertiary/aromatic N) is 7. The summed E-state index contributed by atoms with van der Waals surface area (Å²) in [6.45, 7) is 15.2. The standard InChI is InChI=1S/C51H64ClF2N9O8S/c1-8-61-39-20-35(53)32-19-31(39)34(43(61)33-18-30(59-14-16-70-17-15-59)23-55-41(33)29(4)69-7)22-50(5,6)27-71-48(67)36-10-9-12-63(58-36)46(65)37(21-40-56-38(32)24-72-40)57-45(64)42(28(2)3)62-13-11-51(49(62)68)25-60(26-51)47(66)44(52)54/h18-20,23-24,28-29,36-37,42,44,58H,8-17,21-22,25-27H2,1-7H3,(H,57,64)/t29-,36-,37-,42-,44-/m0/s1. The predicted octanol–water partition coefficient (Wildman–Crippen LogP) is 5.80. The van der Waals surface area contributed by atoms with E-state index in [1.54, 1.807) is 32.4 Å². The fourth-order valence-electron chi connectivity index (χ4n) is 11.1. The molecule has 8 heterocycles. The van der Waals surface area contributed by atoms with E-state index in [1.807, 2.05) is 40.0 Å². The minimum Gasteiger partial charge on any atom is -0.464 e. The van der Waals surface area contributed by atoms with Gasteiger partial charge in [0, 0.05) is 86.7 Å². The minimum atomic E-state index is -2.22. The zero-order valence-electron chi connectivity index (χ0n) is 41.9. The third kappa shape index (κ3) is 9.80. The van der Waals surface area contributed by atoms with Crippen molar-refractivity contribution in [2.75, 3.05) is 71.1 Å². The molecule has 0 saturated carbocycles. The monoisotopic (exact) mass is 1040 g/mol. The average Bonchev–Trinajstić information content (AvgIpc) is 4.04. The summed E-state index contributed by atoms with van der Waals surface area (Å²) in [5.74, 6) is -3.77. The van der Waals surface area contributed by atoms with Crippen LogP contribution in [0.1, 0.15) is 83.2 Å². The highest BCUT2D eigenvalue weighted by Gasteiger charge is 2.58. The number of aryl methyl sites for hydroxylation is 1. The van der Waals surface area contributed by atoms with Crippen molar-refractivity contribution in [2.45, 2.75) is 110 Å². The van der Waals surface area contributed by atoms with Crippen LogP contribution in [-0.2, 0) is 57.6 Å². The molecule has 1 aromatic carbocycles. The molecular weight excluding hydrogens is 972 g/mol. The number of esters is 1.